The molecule has 0 fully saturated rings. The average Bonchev–Trinajstić information content (AvgIpc) is 2.28. The Morgan fingerprint density at radius 3 is 2.67 bits per heavy atom. The molecule has 0 saturated heterocycles. The first kappa shape index (κ1) is 12.4. The summed E-state index contributed by atoms with van der Waals surface area (Å²) in [6.07, 6.45) is 0. The molecule has 0 unspecified atom stereocenters. The number of aryl methyl sites for hydroxylation is 1. The predicted molar refractivity (Wildman–Crippen MR) is 67.5 cm³/mol. The van der Waals surface area contributed by atoms with Crippen molar-refractivity contribution in [2.45, 2.75) is 13.5 Å². The summed E-state index contributed by atoms with van der Waals surface area (Å²) in [7, 11) is 0. The fourth-order valence-corrected chi connectivity index (χ4v) is 2.21. The number of aromatic carboxylic acids is 1. The molecule has 0 bridgehead atoms. The van der Waals surface area contributed by atoms with Gasteiger partial charge in [-0.05, 0) is 19.1 Å². The fraction of sp³-hybridized carbons (Fsp3) is 0.167. The highest BCUT2D eigenvalue weighted by atomic mass is 35.5. The second kappa shape index (κ2) is 4.34. The van der Waals surface area contributed by atoms with Gasteiger partial charge < -0.3 is 14.8 Å². The number of hydrogen-bond donors (Lipinski definition) is 2. The molecule has 0 spiro atoms. The van der Waals surface area contributed by atoms with Gasteiger partial charge >= 0.3 is 5.97 Å². The largest absolute Gasteiger partial charge is 0.506 e. The monoisotopic (exact) mass is 267 g/mol. The number of nitrogens with zero attached hydrogens (tertiary/aromatic N) is 1. The van der Waals surface area contributed by atoms with E-state index in [1.54, 1.807) is 19.1 Å². The van der Waals surface area contributed by atoms with Crippen LogP contribution in [0.25, 0.3) is 10.9 Å². The number of carboxylic acid groups (broad SMARTS) is 1. The molecule has 0 amide bonds. The van der Waals surface area contributed by atoms with E-state index < -0.39 is 22.8 Å². The van der Waals surface area contributed by atoms with Crippen molar-refractivity contribution in [3.05, 3.63) is 39.1 Å². The number of aromatic hydroxyl groups is 1. The third kappa shape index (κ3) is 1.64. The van der Waals surface area contributed by atoms with Gasteiger partial charge in [0.2, 0.25) is 0 Å². The maximum Gasteiger partial charge on any atom is 0.345 e. The van der Waals surface area contributed by atoms with Gasteiger partial charge in [-0.2, -0.15) is 0 Å². The van der Waals surface area contributed by atoms with E-state index in [2.05, 4.69) is 0 Å². The number of carbonyl (C=O) groups is 1. The van der Waals surface area contributed by atoms with Crippen LogP contribution in [-0.2, 0) is 6.54 Å². The van der Waals surface area contributed by atoms with Gasteiger partial charge in [-0.15, -0.1) is 0 Å². The topological polar surface area (TPSA) is 79.5 Å². The lowest BCUT2D eigenvalue weighted by molar-refractivity contribution is 0.0691. The normalized spacial score (nSPS) is 10.8. The summed E-state index contributed by atoms with van der Waals surface area (Å²) >= 11 is 5.95. The molecule has 0 atom stereocenters. The second-order valence-electron chi connectivity index (χ2n) is 3.71. The number of halogens is 1. The van der Waals surface area contributed by atoms with E-state index in [1.807, 2.05) is 0 Å². The quantitative estimate of drug-likeness (QED) is 0.873. The van der Waals surface area contributed by atoms with Gasteiger partial charge in [0.1, 0.15) is 5.75 Å². The molecule has 0 radical (unpaired) electrons. The van der Waals surface area contributed by atoms with Crippen LogP contribution in [0.1, 0.15) is 17.3 Å². The van der Waals surface area contributed by atoms with Crippen molar-refractivity contribution in [3.8, 4) is 5.75 Å². The Kier molecular flexibility index (Phi) is 3.00. The third-order valence-electron chi connectivity index (χ3n) is 2.75. The number of fused-ring (bicyclic) bond motifs is 1. The second-order valence-corrected chi connectivity index (χ2v) is 4.12. The first-order valence-corrected chi connectivity index (χ1v) is 5.64. The van der Waals surface area contributed by atoms with Gasteiger partial charge in [-0.1, -0.05) is 17.7 Å². The minimum atomic E-state index is -1.47. The summed E-state index contributed by atoms with van der Waals surface area (Å²) in [6.45, 7) is 2.00. The van der Waals surface area contributed by atoms with Crippen LogP contribution in [0.5, 0.6) is 5.75 Å². The van der Waals surface area contributed by atoms with E-state index in [9.17, 15) is 14.7 Å². The van der Waals surface area contributed by atoms with Gasteiger partial charge in [0, 0.05) is 6.54 Å². The summed E-state index contributed by atoms with van der Waals surface area (Å²) in [4.78, 5) is 23.0. The smallest absolute Gasteiger partial charge is 0.345 e. The van der Waals surface area contributed by atoms with Crippen LogP contribution in [-0.4, -0.2) is 20.7 Å². The zero-order valence-electron chi connectivity index (χ0n) is 9.48. The van der Waals surface area contributed by atoms with Crippen LogP contribution in [0.2, 0.25) is 5.02 Å². The van der Waals surface area contributed by atoms with Gasteiger partial charge in [0.25, 0.3) is 5.56 Å². The maximum absolute atomic E-state index is 12.0. The summed E-state index contributed by atoms with van der Waals surface area (Å²) < 4.78 is 1.27. The molecule has 2 N–H and O–H groups in total. The molecule has 0 aliphatic carbocycles. The van der Waals surface area contributed by atoms with Gasteiger partial charge in [-0.3, -0.25) is 4.79 Å². The van der Waals surface area contributed by atoms with Gasteiger partial charge in [-0.25, -0.2) is 4.79 Å². The van der Waals surface area contributed by atoms with E-state index >= 15 is 0 Å². The minimum Gasteiger partial charge on any atom is -0.506 e. The summed E-state index contributed by atoms with van der Waals surface area (Å²) in [5.41, 5.74) is -0.979. The average molecular weight is 268 g/mol. The lowest BCUT2D eigenvalue weighted by Crippen LogP contribution is -2.26. The van der Waals surface area contributed by atoms with Crippen molar-refractivity contribution in [1.82, 2.24) is 4.57 Å². The molecular formula is C12H10ClNO4. The SMILES string of the molecule is CCn1c(=O)c(C(=O)O)c(O)c2c(Cl)cccc21. The number of benzene rings is 1. The molecule has 1 aromatic heterocycles. The van der Waals surface area contributed by atoms with E-state index in [-0.39, 0.29) is 17.0 Å². The molecule has 2 rings (SSSR count). The molecule has 1 aromatic carbocycles. The first-order valence-electron chi connectivity index (χ1n) is 5.26. The van der Waals surface area contributed by atoms with E-state index in [0.29, 0.717) is 5.52 Å². The first-order chi connectivity index (χ1) is 8.49. The van der Waals surface area contributed by atoms with Gasteiger partial charge in [0.15, 0.2) is 5.56 Å². The van der Waals surface area contributed by atoms with Gasteiger partial charge in [0.05, 0.1) is 15.9 Å². The van der Waals surface area contributed by atoms with Crippen LogP contribution >= 0.6 is 11.6 Å². The fourth-order valence-electron chi connectivity index (χ4n) is 1.95. The number of pyridine rings is 1. The number of carboxylic acids is 1. The van der Waals surface area contributed by atoms with Crippen LogP contribution in [0.3, 0.4) is 0 Å². The Balaban J connectivity index is 3.12. The van der Waals surface area contributed by atoms with E-state index in [1.165, 1.54) is 10.6 Å². The Morgan fingerprint density at radius 2 is 2.11 bits per heavy atom. The third-order valence-corrected chi connectivity index (χ3v) is 3.06. The molecule has 2 aromatic rings. The molecule has 6 heteroatoms. The van der Waals surface area contributed by atoms with Crippen LogP contribution in [0.15, 0.2) is 23.0 Å². The highest BCUT2D eigenvalue weighted by Gasteiger charge is 2.22. The lowest BCUT2D eigenvalue weighted by atomic mass is 10.1. The maximum atomic E-state index is 12.0. The molecule has 1 heterocycles. The Bertz CT molecular complexity index is 705. The Hall–Kier alpha value is -2.01. The lowest BCUT2D eigenvalue weighted by Gasteiger charge is -2.12. The number of rotatable bonds is 2. The summed E-state index contributed by atoms with van der Waals surface area (Å²) in [5, 5.41) is 19.3. The van der Waals surface area contributed by atoms with Crippen molar-refractivity contribution < 1.29 is 15.0 Å². The van der Waals surface area contributed by atoms with Crippen molar-refractivity contribution in [2.24, 2.45) is 0 Å². The zero-order valence-corrected chi connectivity index (χ0v) is 10.2. The molecular weight excluding hydrogens is 258 g/mol. The van der Waals surface area contributed by atoms with Crippen molar-refractivity contribution in [2.75, 3.05) is 0 Å². The zero-order chi connectivity index (χ0) is 13.4. The molecule has 0 saturated carbocycles. The van der Waals surface area contributed by atoms with E-state index in [4.69, 9.17) is 16.7 Å². The van der Waals surface area contributed by atoms with Crippen LogP contribution in [0, 0.1) is 0 Å². The minimum absolute atomic E-state index is 0.179. The van der Waals surface area contributed by atoms with E-state index in [0.717, 1.165) is 0 Å². The van der Waals surface area contributed by atoms with Crippen molar-refractivity contribution >= 4 is 28.5 Å². The Labute approximate surface area is 107 Å². The molecule has 0 aliphatic rings. The molecule has 18 heavy (non-hydrogen) atoms. The standard InChI is InChI=1S/C12H10ClNO4/c1-2-14-7-5-3-4-6(13)8(7)10(15)9(11(14)16)12(17)18/h3-5,15H,2H2,1H3,(H,17,18). The summed E-state index contributed by atoms with van der Waals surface area (Å²) in [6, 6.07) is 4.77. The van der Waals surface area contributed by atoms with Crippen LogP contribution in [0.4, 0.5) is 0 Å². The highest BCUT2D eigenvalue weighted by molar-refractivity contribution is 6.36. The molecule has 5 nitrogen and oxygen atoms in total. The highest BCUT2D eigenvalue weighted by Crippen LogP contribution is 2.32. The van der Waals surface area contributed by atoms with Crippen molar-refractivity contribution in [1.29, 1.82) is 0 Å². The number of aromatic nitrogens is 1. The molecule has 94 valence electrons. The Morgan fingerprint density at radius 1 is 1.44 bits per heavy atom. The number of hydrogen-bond acceptors (Lipinski definition) is 3. The summed E-state index contributed by atoms with van der Waals surface area (Å²) in [5.74, 6) is -2.06. The molecule has 0 aliphatic heterocycles. The van der Waals surface area contributed by atoms with Crippen molar-refractivity contribution in [3.63, 3.8) is 0 Å². The van der Waals surface area contributed by atoms with Crippen LogP contribution < -0.4 is 5.56 Å². The predicted octanol–water partition coefficient (Wildman–Crippen LogP) is 2.08.